The van der Waals surface area contributed by atoms with E-state index < -0.39 is 28.3 Å². The van der Waals surface area contributed by atoms with Gasteiger partial charge in [0.05, 0.1) is 6.04 Å². The van der Waals surface area contributed by atoms with E-state index in [1.54, 1.807) is 13.1 Å². The van der Waals surface area contributed by atoms with Crippen LogP contribution in [0, 0.1) is 12.7 Å². The highest BCUT2D eigenvalue weighted by atomic mass is 35.5. The van der Waals surface area contributed by atoms with Gasteiger partial charge in [0, 0.05) is 11.1 Å². The highest BCUT2D eigenvalue weighted by Gasteiger charge is 2.20. The first-order valence-electron chi connectivity index (χ1n) is 5.04. The minimum atomic E-state index is -1.17. The van der Waals surface area contributed by atoms with Crippen LogP contribution in [-0.2, 0) is 0 Å². The summed E-state index contributed by atoms with van der Waals surface area (Å²) in [5.41, 5.74) is -1.81. The van der Waals surface area contributed by atoms with Gasteiger partial charge >= 0.3 is 5.69 Å². The summed E-state index contributed by atoms with van der Waals surface area (Å²) in [5, 5.41) is -0.0226. The van der Waals surface area contributed by atoms with Crippen molar-refractivity contribution in [3.8, 4) is 0 Å². The van der Waals surface area contributed by atoms with Gasteiger partial charge in [-0.05, 0) is 13.8 Å². The molecule has 0 aliphatic heterocycles. The molecule has 2 heterocycles. The van der Waals surface area contributed by atoms with Crippen molar-refractivity contribution in [1.82, 2.24) is 14.5 Å². The number of nitrogens with zero attached hydrogens (tertiary/aromatic N) is 2. The van der Waals surface area contributed by atoms with Crippen molar-refractivity contribution >= 4 is 22.9 Å². The molecular weight excluding hydrogens is 281 g/mol. The van der Waals surface area contributed by atoms with E-state index in [0.717, 1.165) is 9.44 Å². The summed E-state index contributed by atoms with van der Waals surface area (Å²) >= 11 is 6.73. The van der Waals surface area contributed by atoms with Crippen LogP contribution in [0.15, 0.2) is 15.8 Å². The molecule has 2 aromatic heterocycles. The molecule has 0 spiro atoms. The number of hydrogen-bond acceptors (Lipinski definition) is 4. The quantitative estimate of drug-likeness (QED) is 0.856. The van der Waals surface area contributed by atoms with Crippen molar-refractivity contribution in [3.63, 3.8) is 0 Å². The van der Waals surface area contributed by atoms with E-state index in [0.29, 0.717) is 5.01 Å². The zero-order valence-corrected chi connectivity index (χ0v) is 11.1. The SMILES string of the molecule is Cc1cnc(C(C)n2c(=O)[nH]c(Cl)c(F)c2=O)s1. The molecule has 0 amide bonds. The van der Waals surface area contributed by atoms with Crippen molar-refractivity contribution < 1.29 is 4.39 Å². The number of halogens is 2. The van der Waals surface area contributed by atoms with Gasteiger partial charge in [0.25, 0.3) is 5.56 Å². The lowest BCUT2D eigenvalue weighted by molar-refractivity contribution is 0.514. The lowest BCUT2D eigenvalue weighted by Gasteiger charge is -2.11. The first-order chi connectivity index (χ1) is 8.41. The zero-order valence-electron chi connectivity index (χ0n) is 9.53. The lowest BCUT2D eigenvalue weighted by atomic mass is 10.3. The summed E-state index contributed by atoms with van der Waals surface area (Å²) in [6.45, 7) is 3.45. The average molecular weight is 290 g/mol. The number of nitrogens with one attached hydrogen (secondary N) is 1. The summed E-state index contributed by atoms with van der Waals surface area (Å²) < 4.78 is 14.2. The van der Waals surface area contributed by atoms with E-state index in [2.05, 4.69) is 9.97 Å². The molecule has 0 aromatic carbocycles. The molecule has 0 aliphatic rings. The molecule has 1 N–H and O–H groups in total. The van der Waals surface area contributed by atoms with Crippen LogP contribution < -0.4 is 11.2 Å². The number of aromatic nitrogens is 3. The number of aryl methyl sites for hydroxylation is 1. The Balaban J connectivity index is 2.62. The van der Waals surface area contributed by atoms with Gasteiger partial charge < -0.3 is 0 Å². The molecular formula is C10H9ClFN3O2S. The van der Waals surface area contributed by atoms with E-state index in [-0.39, 0.29) is 0 Å². The van der Waals surface area contributed by atoms with Gasteiger partial charge in [-0.15, -0.1) is 11.3 Å². The summed E-state index contributed by atoms with van der Waals surface area (Å²) in [6.07, 6.45) is 1.63. The van der Waals surface area contributed by atoms with Gasteiger partial charge in [-0.1, -0.05) is 11.6 Å². The maximum Gasteiger partial charge on any atom is 0.330 e. The second kappa shape index (κ2) is 4.66. The number of hydrogen-bond donors (Lipinski definition) is 1. The number of H-pyrrole nitrogens is 1. The van der Waals surface area contributed by atoms with Crippen molar-refractivity contribution in [3.05, 3.63) is 47.9 Å². The van der Waals surface area contributed by atoms with Crippen LogP contribution in [0.1, 0.15) is 22.9 Å². The number of aromatic amines is 1. The Labute approximate surface area is 110 Å². The van der Waals surface area contributed by atoms with Crippen LogP contribution in [0.25, 0.3) is 0 Å². The molecule has 2 aromatic rings. The Morgan fingerprint density at radius 2 is 2.22 bits per heavy atom. The van der Waals surface area contributed by atoms with E-state index in [1.165, 1.54) is 11.3 Å². The Hall–Kier alpha value is -1.47. The van der Waals surface area contributed by atoms with Gasteiger partial charge in [0.2, 0.25) is 5.82 Å². The van der Waals surface area contributed by atoms with Gasteiger partial charge in [-0.2, -0.15) is 4.39 Å². The molecule has 1 unspecified atom stereocenters. The van der Waals surface area contributed by atoms with E-state index in [4.69, 9.17) is 11.6 Å². The highest BCUT2D eigenvalue weighted by molar-refractivity contribution is 7.11. The third-order valence-electron chi connectivity index (χ3n) is 2.42. The standard InChI is InChI=1S/C10H9ClFN3O2S/c1-4-3-13-8(18-4)5(2)15-9(16)6(12)7(11)14-10(15)17/h3,5H,1-2H3,(H,14,17). The van der Waals surface area contributed by atoms with E-state index in [1.807, 2.05) is 6.92 Å². The lowest BCUT2D eigenvalue weighted by Crippen LogP contribution is -2.39. The van der Waals surface area contributed by atoms with Crippen LogP contribution in [0.4, 0.5) is 4.39 Å². The predicted octanol–water partition coefficient (Wildman–Crippen LogP) is 1.70. The van der Waals surface area contributed by atoms with Gasteiger partial charge in [-0.3, -0.25) is 9.78 Å². The fraction of sp³-hybridized carbons (Fsp3) is 0.300. The summed E-state index contributed by atoms with van der Waals surface area (Å²) in [7, 11) is 0. The maximum absolute atomic E-state index is 13.4. The van der Waals surface area contributed by atoms with Crippen LogP contribution in [0.3, 0.4) is 0 Å². The highest BCUT2D eigenvalue weighted by Crippen LogP contribution is 2.20. The predicted molar refractivity (Wildman–Crippen MR) is 67.0 cm³/mol. The summed E-state index contributed by atoms with van der Waals surface area (Å²) in [6, 6.07) is -0.647. The fourth-order valence-corrected chi connectivity index (χ4v) is 2.51. The molecule has 5 nitrogen and oxygen atoms in total. The van der Waals surface area contributed by atoms with Gasteiger partial charge in [-0.25, -0.2) is 14.3 Å². The normalized spacial score (nSPS) is 12.7. The van der Waals surface area contributed by atoms with E-state index >= 15 is 0 Å². The molecule has 2 rings (SSSR count). The number of rotatable bonds is 2. The largest absolute Gasteiger partial charge is 0.330 e. The third kappa shape index (κ3) is 2.11. The van der Waals surface area contributed by atoms with Crippen LogP contribution in [-0.4, -0.2) is 14.5 Å². The maximum atomic E-state index is 13.4. The molecule has 0 radical (unpaired) electrons. The smallest absolute Gasteiger partial charge is 0.295 e. The van der Waals surface area contributed by atoms with Crippen LogP contribution in [0.2, 0.25) is 5.15 Å². The Bertz CT molecular complexity index is 706. The van der Waals surface area contributed by atoms with Crippen LogP contribution in [0.5, 0.6) is 0 Å². The third-order valence-corrected chi connectivity index (χ3v) is 3.76. The molecule has 0 saturated carbocycles. The molecule has 0 bridgehead atoms. The molecule has 0 fully saturated rings. The van der Waals surface area contributed by atoms with Gasteiger partial charge in [0.15, 0.2) is 5.15 Å². The van der Waals surface area contributed by atoms with Crippen molar-refractivity contribution in [1.29, 1.82) is 0 Å². The molecule has 0 saturated heterocycles. The Morgan fingerprint density at radius 3 is 2.78 bits per heavy atom. The minimum Gasteiger partial charge on any atom is -0.295 e. The van der Waals surface area contributed by atoms with Crippen molar-refractivity contribution in [2.24, 2.45) is 0 Å². The van der Waals surface area contributed by atoms with Crippen molar-refractivity contribution in [2.45, 2.75) is 19.9 Å². The van der Waals surface area contributed by atoms with Gasteiger partial charge in [0.1, 0.15) is 5.01 Å². The second-order valence-corrected chi connectivity index (χ2v) is 5.36. The first kappa shape index (κ1) is 13.0. The van der Waals surface area contributed by atoms with E-state index in [9.17, 15) is 14.0 Å². The summed E-state index contributed by atoms with van der Waals surface area (Å²) in [4.78, 5) is 30.5. The molecule has 0 aliphatic carbocycles. The van der Waals surface area contributed by atoms with Crippen molar-refractivity contribution in [2.75, 3.05) is 0 Å². The first-order valence-corrected chi connectivity index (χ1v) is 6.23. The Kier molecular flexibility index (Phi) is 3.36. The molecule has 18 heavy (non-hydrogen) atoms. The van der Waals surface area contributed by atoms with Crippen LogP contribution >= 0.6 is 22.9 Å². The second-order valence-electron chi connectivity index (χ2n) is 3.72. The monoisotopic (exact) mass is 289 g/mol. The average Bonchev–Trinajstić information content (AvgIpc) is 2.73. The Morgan fingerprint density at radius 1 is 1.56 bits per heavy atom. The molecule has 96 valence electrons. The minimum absolute atomic E-state index is 0.557. The molecule has 1 atom stereocenters. The number of thiazole rings is 1. The summed E-state index contributed by atoms with van der Waals surface area (Å²) in [5.74, 6) is -1.17. The fourth-order valence-electron chi connectivity index (χ4n) is 1.53. The zero-order chi connectivity index (χ0) is 13.4. The topological polar surface area (TPSA) is 67.8 Å². The molecule has 8 heteroatoms.